The van der Waals surface area contributed by atoms with Crippen LogP contribution in [0.15, 0.2) is 0 Å². The third-order valence-corrected chi connectivity index (χ3v) is 14.5. The lowest BCUT2D eigenvalue weighted by molar-refractivity contribution is -0.161. The van der Waals surface area contributed by atoms with Crippen LogP contribution >= 0.6 is 7.82 Å². The highest BCUT2D eigenvalue weighted by Gasteiger charge is 2.28. The molecule has 0 saturated heterocycles. The second-order valence-electron chi connectivity index (χ2n) is 20.5. The zero-order valence-corrected chi connectivity index (χ0v) is 46.9. The molecule has 12 heteroatoms. The van der Waals surface area contributed by atoms with Crippen molar-refractivity contribution in [1.29, 1.82) is 0 Å². The molecule has 0 aromatic rings. The van der Waals surface area contributed by atoms with Crippen LogP contribution in [0.2, 0.25) is 0 Å². The Morgan fingerprint density at radius 3 is 0.843 bits per heavy atom. The Morgan fingerprint density at radius 1 is 0.343 bits per heavy atom. The second kappa shape index (κ2) is 53.8. The van der Waals surface area contributed by atoms with Gasteiger partial charge >= 0.3 is 25.7 Å². The molecule has 0 aliphatic rings. The van der Waals surface area contributed by atoms with E-state index in [1.165, 1.54) is 199 Å². The number of hydrogen-bond acceptors (Lipinski definition) is 10. The molecule has 0 spiro atoms. The molecular weight excluding hydrogens is 904 g/mol. The lowest BCUT2D eigenvalue weighted by Crippen LogP contribution is -2.30. The molecule has 11 nitrogen and oxygen atoms in total. The minimum atomic E-state index is -4.73. The van der Waals surface area contributed by atoms with Crippen LogP contribution in [0.1, 0.15) is 316 Å². The van der Waals surface area contributed by atoms with Crippen molar-refractivity contribution in [3.63, 3.8) is 0 Å². The van der Waals surface area contributed by atoms with Gasteiger partial charge < -0.3 is 24.2 Å². The average molecular weight is 1020 g/mol. The number of phosphoric acid groups is 1. The summed E-state index contributed by atoms with van der Waals surface area (Å²) in [5.74, 6) is -1.43. The fraction of sp³-hybridized carbons (Fsp3) is 0.948. The Morgan fingerprint density at radius 2 is 0.571 bits per heavy atom. The first-order chi connectivity index (χ1) is 34.2. The van der Waals surface area contributed by atoms with E-state index in [9.17, 15) is 28.9 Å². The zero-order chi connectivity index (χ0) is 51.3. The van der Waals surface area contributed by atoms with Crippen molar-refractivity contribution in [3.05, 3.63) is 0 Å². The molecule has 0 radical (unpaired) electrons. The summed E-state index contributed by atoms with van der Waals surface area (Å²) in [6.45, 7) is 4.72. The predicted molar refractivity (Wildman–Crippen MR) is 289 cm³/mol. The van der Waals surface area contributed by atoms with Gasteiger partial charge in [-0.2, -0.15) is 0 Å². The molecule has 70 heavy (non-hydrogen) atoms. The minimum Gasteiger partial charge on any atom is -0.462 e. The van der Waals surface area contributed by atoms with Crippen LogP contribution in [-0.4, -0.2) is 66.5 Å². The van der Waals surface area contributed by atoms with Crippen LogP contribution < -0.4 is 0 Å². The first kappa shape index (κ1) is 68.5. The van der Waals surface area contributed by atoms with Crippen molar-refractivity contribution in [1.82, 2.24) is 0 Å². The first-order valence-electron chi connectivity index (χ1n) is 29.9. The number of phosphoric ester groups is 1. The van der Waals surface area contributed by atoms with Gasteiger partial charge in [0.1, 0.15) is 12.7 Å². The van der Waals surface area contributed by atoms with E-state index in [1.54, 1.807) is 0 Å². The van der Waals surface area contributed by atoms with E-state index in [-0.39, 0.29) is 25.9 Å². The van der Waals surface area contributed by atoms with E-state index >= 15 is 0 Å². The standard InChI is InChI=1S/C58H113O11P/c1-4-7-10-13-16-19-22-25-26-27-28-31-34-37-40-43-46-49-58(62)69-55(51-65-56(60)47-44-41-38-35-32-29-23-20-17-14-11-8-5-2)53-67-70(63,64)66-52-54(50-59)68-57(61)48-45-42-39-36-33-30-24-21-18-15-12-9-6-3/h54-55,59H,4-53H2,1-3H3,(H,63,64). The Kier molecular flexibility index (Phi) is 52.6. The highest BCUT2D eigenvalue weighted by Crippen LogP contribution is 2.43. The number of ether oxygens (including phenoxy) is 3. The van der Waals surface area contributed by atoms with Crippen LogP contribution in [0.4, 0.5) is 0 Å². The fourth-order valence-electron chi connectivity index (χ4n) is 8.95. The molecule has 0 aliphatic carbocycles. The summed E-state index contributed by atoms with van der Waals surface area (Å²) in [6, 6.07) is 0. The third-order valence-electron chi connectivity index (χ3n) is 13.5. The largest absolute Gasteiger partial charge is 0.472 e. The number of carbonyl (C=O) groups excluding carboxylic acids is 3. The fourth-order valence-corrected chi connectivity index (χ4v) is 9.73. The molecule has 0 rings (SSSR count). The van der Waals surface area contributed by atoms with E-state index in [0.29, 0.717) is 19.3 Å². The summed E-state index contributed by atoms with van der Waals surface area (Å²) in [6.07, 6.45) is 50.5. The van der Waals surface area contributed by atoms with Gasteiger partial charge in [-0.3, -0.25) is 23.4 Å². The van der Waals surface area contributed by atoms with E-state index in [2.05, 4.69) is 20.8 Å². The molecule has 3 unspecified atom stereocenters. The van der Waals surface area contributed by atoms with Crippen LogP contribution in [0, 0.1) is 0 Å². The summed E-state index contributed by atoms with van der Waals surface area (Å²) in [7, 11) is -4.73. The maximum absolute atomic E-state index is 12.9. The quantitative estimate of drug-likeness (QED) is 0.0259. The van der Waals surface area contributed by atoms with Gasteiger partial charge in [-0.05, 0) is 19.3 Å². The van der Waals surface area contributed by atoms with Gasteiger partial charge in [-0.1, -0.05) is 278 Å². The van der Waals surface area contributed by atoms with Gasteiger partial charge in [-0.15, -0.1) is 0 Å². The maximum atomic E-state index is 12.9. The Balaban J connectivity index is 4.64. The van der Waals surface area contributed by atoms with Crippen molar-refractivity contribution >= 4 is 25.7 Å². The molecule has 2 N–H and O–H groups in total. The molecule has 0 heterocycles. The van der Waals surface area contributed by atoms with Gasteiger partial charge in [-0.25, -0.2) is 4.57 Å². The highest BCUT2D eigenvalue weighted by molar-refractivity contribution is 7.47. The number of unbranched alkanes of at least 4 members (excludes halogenated alkanes) is 40. The monoisotopic (exact) mass is 1020 g/mol. The zero-order valence-electron chi connectivity index (χ0n) is 46.0. The maximum Gasteiger partial charge on any atom is 0.472 e. The molecule has 0 aromatic heterocycles. The normalized spacial score (nSPS) is 13.3. The number of esters is 3. The molecule has 0 fully saturated rings. The molecule has 0 aromatic carbocycles. The molecule has 0 aliphatic heterocycles. The van der Waals surface area contributed by atoms with Crippen LogP contribution in [0.25, 0.3) is 0 Å². The van der Waals surface area contributed by atoms with Crippen molar-refractivity contribution in [2.75, 3.05) is 26.4 Å². The lowest BCUT2D eigenvalue weighted by atomic mass is 10.0. The number of hydrogen-bond donors (Lipinski definition) is 2. The molecular formula is C58H113O11P. The van der Waals surface area contributed by atoms with Crippen molar-refractivity contribution in [2.24, 2.45) is 0 Å². The second-order valence-corrected chi connectivity index (χ2v) is 22.0. The number of aliphatic hydroxyl groups is 1. The topological polar surface area (TPSA) is 155 Å². The molecule has 416 valence electrons. The molecule has 0 saturated carbocycles. The van der Waals surface area contributed by atoms with Crippen LogP contribution in [0.3, 0.4) is 0 Å². The highest BCUT2D eigenvalue weighted by atomic mass is 31.2. The lowest BCUT2D eigenvalue weighted by Gasteiger charge is -2.21. The van der Waals surface area contributed by atoms with Gasteiger partial charge in [0.2, 0.25) is 0 Å². The minimum absolute atomic E-state index is 0.179. The van der Waals surface area contributed by atoms with Gasteiger partial charge in [0.15, 0.2) is 6.10 Å². The van der Waals surface area contributed by atoms with Crippen molar-refractivity contribution in [3.8, 4) is 0 Å². The van der Waals surface area contributed by atoms with Crippen LogP contribution in [0.5, 0.6) is 0 Å². The smallest absolute Gasteiger partial charge is 0.462 e. The van der Waals surface area contributed by atoms with E-state index < -0.39 is 57.8 Å². The van der Waals surface area contributed by atoms with E-state index in [4.69, 9.17) is 23.3 Å². The molecule has 0 amide bonds. The SMILES string of the molecule is CCCCCCCCCCCCCCCCCCCC(=O)OC(COC(=O)CCCCCCCCCCCCCCC)COP(=O)(O)OCC(CO)OC(=O)CCCCCCCCCCCCCCC. The third kappa shape index (κ3) is 51.4. The number of carbonyl (C=O) groups is 3. The van der Waals surface area contributed by atoms with Gasteiger partial charge in [0, 0.05) is 19.3 Å². The van der Waals surface area contributed by atoms with Crippen molar-refractivity contribution in [2.45, 2.75) is 328 Å². The summed E-state index contributed by atoms with van der Waals surface area (Å²) >= 11 is 0. The Hall–Kier alpha value is -1.52. The number of rotatable bonds is 57. The van der Waals surface area contributed by atoms with E-state index in [1.807, 2.05) is 0 Å². The summed E-state index contributed by atoms with van der Waals surface area (Å²) in [4.78, 5) is 48.5. The van der Waals surface area contributed by atoms with Gasteiger partial charge in [0.25, 0.3) is 0 Å². The van der Waals surface area contributed by atoms with Crippen molar-refractivity contribution < 1.29 is 52.2 Å². The number of aliphatic hydroxyl groups excluding tert-OH is 1. The van der Waals surface area contributed by atoms with Gasteiger partial charge in [0.05, 0.1) is 19.8 Å². The predicted octanol–water partition coefficient (Wildman–Crippen LogP) is 17.5. The summed E-state index contributed by atoms with van der Waals surface area (Å²) in [5, 5.41) is 9.81. The molecule has 0 bridgehead atoms. The first-order valence-corrected chi connectivity index (χ1v) is 31.4. The summed E-state index contributed by atoms with van der Waals surface area (Å²) in [5.41, 5.74) is 0. The Bertz CT molecular complexity index is 1190. The Labute approximate surface area is 431 Å². The summed E-state index contributed by atoms with van der Waals surface area (Å²) < 4.78 is 39.6. The average Bonchev–Trinajstić information content (AvgIpc) is 3.35. The van der Waals surface area contributed by atoms with E-state index in [0.717, 1.165) is 57.8 Å². The van der Waals surface area contributed by atoms with Crippen LogP contribution in [-0.2, 0) is 42.2 Å². The molecule has 3 atom stereocenters.